The van der Waals surface area contributed by atoms with Gasteiger partial charge in [0, 0.05) is 41.4 Å². The molecule has 0 unspecified atom stereocenters. The quantitative estimate of drug-likeness (QED) is 0.412. The number of hydrogen-bond acceptors (Lipinski definition) is 4. The number of fused-ring (bicyclic) bond motifs is 3. The van der Waals surface area contributed by atoms with Crippen LogP contribution in [0.4, 0.5) is 10.1 Å². The molecule has 6 nitrogen and oxygen atoms in total. The van der Waals surface area contributed by atoms with E-state index < -0.39 is 28.7 Å². The van der Waals surface area contributed by atoms with Crippen molar-refractivity contribution >= 4 is 40.7 Å². The van der Waals surface area contributed by atoms with Crippen LogP contribution in [0.3, 0.4) is 0 Å². The molecule has 3 fully saturated rings. The van der Waals surface area contributed by atoms with Gasteiger partial charge in [0.15, 0.2) is 0 Å². The van der Waals surface area contributed by atoms with Gasteiger partial charge < -0.3 is 15.4 Å². The molecule has 40 heavy (non-hydrogen) atoms. The van der Waals surface area contributed by atoms with Gasteiger partial charge in [0.1, 0.15) is 11.2 Å². The van der Waals surface area contributed by atoms with Crippen LogP contribution in [-0.2, 0) is 19.7 Å². The first-order valence-electron chi connectivity index (χ1n) is 14.4. The Kier molecular flexibility index (Phi) is 7.39. The lowest BCUT2D eigenvalue weighted by molar-refractivity contribution is -0.125. The number of hydrogen-bond donors (Lipinski definition) is 3. The van der Waals surface area contributed by atoms with E-state index in [1.165, 1.54) is 6.07 Å². The second-order valence-electron chi connectivity index (χ2n) is 12.3. The van der Waals surface area contributed by atoms with Crippen molar-refractivity contribution in [3.05, 3.63) is 63.4 Å². The Labute approximate surface area is 244 Å². The Balaban J connectivity index is 1.48. The molecule has 0 aromatic heterocycles. The van der Waals surface area contributed by atoms with Crippen molar-refractivity contribution in [3.63, 3.8) is 0 Å². The molecule has 2 aromatic carbocycles. The molecule has 0 radical (unpaired) electrons. The molecule has 2 aromatic rings. The molecule has 1 saturated carbocycles. The number of carbonyl (C=O) groups excluding carboxylic acids is 2. The summed E-state index contributed by atoms with van der Waals surface area (Å²) in [6.07, 6.45) is 4.92. The molecular weight excluding hydrogens is 552 g/mol. The predicted molar refractivity (Wildman–Crippen MR) is 154 cm³/mol. The molecule has 2 spiro atoms. The third-order valence-electron chi connectivity index (χ3n) is 10.0. The molecule has 2 amide bonds. The fraction of sp³-hybridized carbons (Fsp3) is 0.548. The number of carbonyl (C=O) groups is 2. The van der Waals surface area contributed by atoms with Crippen LogP contribution >= 0.6 is 23.2 Å². The lowest BCUT2D eigenvalue weighted by Crippen LogP contribution is -2.62. The number of amides is 2. The third-order valence-corrected chi connectivity index (χ3v) is 10.5. The van der Waals surface area contributed by atoms with Gasteiger partial charge in [0.05, 0.1) is 11.1 Å². The highest BCUT2D eigenvalue weighted by Gasteiger charge is 2.72. The predicted octanol–water partition coefficient (Wildman–Crippen LogP) is 5.96. The zero-order chi connectivity index (χ0) is 28.2. The SMILES string of the molecule is CC(C)C1CCC(NC(=O)[C@@H]2NC3(CCOCC3)[C@@]3(C(=O)Nc4cc(Cl)ccc43)[C@H]2c2cccc(Cl)c2F)CC1. The summed E-state index contributed by atoms with van der Waals surface area (Å²) in [4.78, 5) is 28.6. The summed E-state index contributed by atoms with van der Waals surface area (Å²) < 4.78 is 21.7. The fourth-order valence-electron chi connectivity index (χ4n) is 8.00. The number of ether oxygens (including phenoxy) is 1. The molecule has 3 N–H and O–H groups in total. The lowest BCUT2D eigenvalue weighted by Gasteiger charge is -2.46. The van der Waals surface area contributed by atoms with Crippen LogP contribution < -0.4 is 16.0 Å². The summed E-state index contributed by atoms with van der Waals surface area (Å²) in [6.45, 7) is 5.34. The first kappa shape index (κ1) is 28.0. The Morgan fingerprint density at radius 1 is 1.10 bits per heavy atom. The second-order valence-corrected chi connectivity index (χ2v) is 13.1. The first-order chi connectivity index (χ1) is 19.2. The molecule has 3 heterocycles. The van der Waals surface area contributed by atoms with E-state index in [4.69, 9.17) is 27.9 Å². The van der Waals surface area contributed by atoms with Crippen molar-refractivity contribution in [1.29, 1.82) is 0 Å². The van der Waals surface area contributed by atoms with E-state index in [1.807, 2.05) is 6.07 Å². The van der Waals surface area contributed by atoms with E-state index in [0.29, 0.717) is 54.2 Å². The van der Waals surface area contributed by atoms with Gasteiger partial charge in [0.25, 0.3) is 0 Å². The van der Waals surface area contributed by atoms with Crippen LogP contribution in [-0.4, -0.2) is 42.7 Å². The smallest absolute Gasteiger partial charge is 0.238 e. The van der Waals surface area contributed by atoms with Crippen LogP contribution in [0.5, 0.6) is 0 Å². The Hall–Kier alpha value is -2.19. The standard InChI is InChI=1S/C31H36Cl2FN3O3/c1-17(2)18-6-9-20(10-7-18)35-28(38)27-25(21-4-3-5-23(33)26(21)34)31(30(37-27)12-14-40-15-13-30)22-11-8-19(32)16-24(22)36-29(31)39/h3-5,8,11,16-18,20,25,27,37H,6-7,9-10,12-15H2,1-2H3,(H,35,38)(H,36,39)/t18?,20?,25-,27+,31+/m0/s1. The van der Waals surface area contributed by atoms with Gasteiger partial charge in [0.2, 0.25) is 11.8 Å². The molecular formula is C31H36Cl2FN3O3. The average Bonchev–Trinajstić information content (AvgIpc) is 3.38. The van der Waals surface area contributed by atoms with Crippen LogP contribution in [0.2, 0.25) is 10.0 Å². The minimum Gasteiger partial charge on any atom is -0.381 e. The minimum absolute atomic E-state index is 0.0403. The van der Waals surface area contributed by atoms with Gasteiger partial charge in [-0.2, -0.15) is 0 Å². The van der Waals surface area contributed by atoms with Gasteiger partial charge in [-0.25, -0.2) is 4.39 Å². The Morgan fingerprint density at radius 2 is 1.82 bits per heavy atom. The molecule has 0 bridgehead atoms. The summed E-state index contributed by atoms with van der Waals surface area (Å²) in [7, 11) is 0. The van der Waals surface area contributed by atoms with E-state index in [9.17, 15) is 9.59 Å². The van der Waals surface area contributed by atoms with Crippen molar-refractivity contribution < 1.29 is 18.7 Å². The zero-order valence-corrected chi connectivity index (χ0v) is 24.4. The first-order valence-corrected chi connectivity index (χ1v) is 15.1. The molecule has 6 rings (SSSR count). The monoisotopic (exact) mass is 587 g/mol. The van der Waals surface area contributed by atoms with E-state index in [1.54, 1.807) is 24.3 Å². The lowest BCUT2D eigenvalue weighted by atomic mass is 9.57. The summed E-state index contributed by atoms with van der Waals surface area (Å²) in [5.74, 6) is -0.661. The maximum atomic E-state index is 16.0. The maximum Gasteiger partial charge on any atom is 0.238 e. The highest BCUT2D eigenvalue weighted by Crippen LogP contribution is 2.61. The third kappa shape index (κ3) is 4.27. The van der Waals surface area contributed by atoms with Gasteiger partial charge in [-0.3, -0.25) is 14.9 Å². The zero-order valence-electron chi connectivity index (χ0n) is 22.9. The van der Waals surface area contributed by atoms with E-state index in [0.717, 1.165) is 25.7 Å². The summed E-state index contributed by atoms with van der Waals surface area (Å²) in [6, 6.07) is 9.33. The highest BCUT2D eigenvalue weighted by atomic mass is 35.5. The average molecular weight is 589 g/mol. The second kappa shape index (κ2) is 10.6. The Bertz CT molecular complexity index is 1320. The minimum atomic E-state index is -1.28. The topological polar surface area (TPSA) is 79.5 Å². The summed E-state index contributed by atoms with van der Waals surface area (Å²) >= 11 is 12.6. The van der Waals surface area contributed by atoms with Crippen molar-refractivity contribution in [2.24, 2.45) is 11.8 Å². The van der Waals surface area contributed by atoms with E-state index >= 15 is 4.39 Å². The summed E-state index contributed by atoms with van der Waals surface area (Å²) in [5, 5.41) is 10.4. The normalized spacial score (nSPS) is 31.0. The number of anilines is 1. The molecule has 2 saturated heterocycles. The number of nitrogens with one attached hydrogen (secondary N) is 3. The van der Waals surface area contributed by atoms with Crippen LogP contribution in [0.1, 0.15) is 69.4 Å². The Morgan fingerprint density at radius 3 is 2.52 bits per heavy atom. The number of halogens is 3. The van der Waals surface area contributed by atoms with Crippen molar-refractivity contribution in [3.8, 4) is 0 Å². The van der Waals surface area contributed by atoms with Gasteiger partial charge in [-0.15, -0.1) is 0 Å². The maximum absolute atomic E-state index is 16.0. The highest BCUT2D eigenvalue weighted by molar-refractivity contribution is 6.31. The molecule has 3 atom stereocenters. The molecule has 9 heteroatoms. The molecule has 3 aliphatic heterocycles. The van der Waals surface area contributed by atoms with Crippen molar-refractivity contribution in [2.45, 2.75) is 81.3 Å². The van der Waals surface area contributed by atoms with Gasteiger partial charge >= 0.3 is 0 Å². The number of rotatable bonds is 4. The van der Waals surface area contributed by atoms with Gasteiger partial charge in [-0.05, 0) is 79.7 Å². The molecule has 1 aliphatic carbocycles. The van der Waals surface area contributed by atoms with Crippen LogP contribution in [0.15, 0.2) is 36.4 Å². The number of benzene rings is 2. The molecule has 4 aliphatic rings. The van der Waals surface area contributed by atoms with Gasteiger partial charge in [-0.1, -0.05) is 55.2 Å². The fourth-order valence-corrected chi connectivity index (χ4v) is 8.36. The van der Waals surface area contributed by atoms with E-state index in [-0.39, 0.29) is 28.4 Å². The van der Waals surface area contributed by atoms with Crippen LogP contribution in [0, 0.1) is 17.7 Å². The van der Waals surface area contributed by atoms with Crippen molar-refractivity contribution in [1.82, 2.24) is 10.6 Å². The van der Waals surface area contributed by atoms with Crippen LogP contribution in [0.25, 0.3) is 0 Å². The summed E-state index contributed by atoms with van der Waals surface area (Å²) in [5.41, 5.74) is -0.561. The largest absolute Gasteiger partial charge is 0.381 e. The molecule has 214 valence electrons. The van der Waals surface area contributed by atoms with Crippen molar-refractivity contribution in [2.75, 3.05) is 18.5 Å². The van der Waals surface area contributed by atoms with E-state index in [2.05, 4.69) is 29.8 Å².